The zero-order chi connectivity index (χ0) is 17.1. The largest absolute Gasteiger partial charge is 0.0625 e. The van der Waals surface area contributed by atoms with Gasteiger partial charge in [-0.1, -0.05) is 91.9 Å². The van der Waals surface area contributed by atoms with E-state index in [0.717, 1.165) is 47.3 Å². The molecular formula is C24H44. The molecule has 3 saturated carbocycles. The van der Waals surface area contributed by atoms with Gasteiger partial charge in [-0.25, -0.2) is 0 Å². The van der Waals surface area contributed by atoms with Crippen molar-refractivity contribution in [3.05, 3.63) is 0 Å². The molecule has 4 unspecified atom stereocenters. The van der Waals surface area contributed by atoms with Crippen LogP contribution in [0.1, 0.15) is 105 Å². The monoisotopic (exact) mass is 332 g/mol. The smallest absolute Gasteiger partial charge is 0.0355 e. The van der Waals surface area contributed by atoms with Crippen LogP contribution < -0.4 is 0 Å². The minimum atomic E-state index is 0.966. The van der Waals surface area contributed by atoms with Gasteiger partial charge in [0, 0.05) is 0 Å². The summed E-state index contributed by atoms with van der Waals surface area (Å²) >= 11 is 0. The minimum absolute atomic E-state index is 0.966. The van der Waals surface area contributed by atoms with E-state index in [1.807, 2.05) is 0 Å². The van der Waals surface area contributed by atoms with Crippen LogP contribution in [-0.2, 0) is 0 Å². The molecule has 3 aliphatic rings. The second kappa shape index (κ2) is 8.59. The molecule has 140 valence electrons. The van der Waals surface area contributed by atoms with Crippen molar-refractivity contribution in [2.24, 2.45) is 47.3 Å². The molecule has 0 heterocycles. The van der Waals surface area contributed by atoms with Crippen LogP contribution in [0.15, 0.2) is 0 Å². The fraction of sp³-hybridized carbons (Fsp3) is 1.00. The highest BCUT2D eigenvalue weighted by Crippen LogP contribution is 2.50. The molecule has 0 saturated heterocycles. The second-order valence-corrected chi connectivity index (χ2v) is 10.3. The Balaban J connectivity index is 1.66. The van der Waals surface area contributed by atoms with Crippen molar-refractivity contribution in [3.8, 4) is 0 Å². The van der Waals surface area contributed by atoms with Gasteiger partial charge in [0.25, 0.3) is 0 Å². The number of hydrogen-bond acceptors (Lipinski definition) is 0. The Labute approximate surface area is 152 Å². The molecule has 0 radical (unpaired) electrons. The van der Waals surface area contributed by atoms with Gasteiger partial charge in [0.1, 0.15) is 0 Å². The Bertz CT molecular complexity index is 326. The van der Waals surface area contributed by atoms with Gasteiger partial charge in [0.05, 0.1) is 0 Å². The van der Waals surface area contributed by atoms with Crippen molar-refractivity contribution in [3.63, 3.8) is 0 Å². The minimum Gasteiger partial charge on any atom is -0.0625 e. The van der Waals surface area contributed by atoms with Gasteiger partial charge in [-0.15, -0.1) is 0 Å². The highest BCUT2D eigenvalue weighted by atomic mass is 14.5. The lowest BCUT2D eigenvalue weighted by atomic mass is 9.57. The summed E-state index contributed by atoms with van der Waals surface area (Å²) in [5, 5.41) is 0. The third kappa shape index (κ3) is 4.21. The lowest BCUT2D eigenvalue weighted by molar-refractivity contribution is 0.0101. The van der Waals surface area contributed by atoms with E-state index in [1.54, 1.807) is 0 Å². The number of hydrogen-bond donors (Lipinski definition) is 0. The van der Waals surface area contributed by atoms with Crippen LogP contribution in [0.3, 0.4) is 0 Å². The van der Waals surface area contributed by atoms with E-state index in [2.05, 4.69) is 27.7 Å². The molecule has 0 aliphatic heterocycles. The Kier molecular flexibility index (Phi) is 6.72. The molecule has 0 bridgehead atoms. The molecule has 0 nitrogen and oxygen atoms in total. The summed E-state index contributed by atoms with van der Waals surface area (Å²) in [6.45, 7) is 10.5. The van der Waals surface area contributed by atoms with Crippen LogP contribution in [-0.4, -0.2) is 0 Å². The molecule has 0 aromatic rings. The fourth-order valence-electron chi connectivity index (χ4n) is 7.18. The van der Waals surface area contributed by atoms with Crippen molar-refractivity contribution in [1.82, 2.24) is 0 Å². The highest BCUT2D eigenvalue weighted by Gasteiger charge is 2.42. The first kappa shape index (κ1) is 18.8. The summed E-state index contributed by atoms with van der Waals surface area (Å²) in [6.07, 6.45) is 18.2. The molecule has 24 heavy (non-hydrogen) atoms. The fourth-order valence-corrected chi connectivity index (χ4v) is 7.18. The maximum Gasteiger partial charge on any atom is -0.0355 e. The summed E-state index contributed by atoms with van der Waals surface area (Å²) in [4.78, 5) is 0. The average molecular weight is 333 g/mol. The topological polar surface area (TPSA) is 0 Å². The molecule has 0 aromatic carbocycles. The Morgan fingerprint density at radius 1 is 0.583 bits per heavy atom. The first-order valence-electron chi connectivity index (χ1n) is 11.6. The maximum absolute atomic E-state index is 2.65. The molecule has 0 aromatic heterocycles. The Morgan fingerprint density at radius 2 is 0.958 bits per heavy atom. The van der Waals surface area contributed by atoms with Crippen LogP contribution in [0.2, 0.25) is 0 Å². The Morgan fingerprint density at radius 3 is 1.33 bits per heavy atom. The van der Waals surface area contributed by atoms with Crippen molar-refractivity contribution >= 4 is 0 Å². The van der Waals surface area contributed by atoms with Crippen LogP contribution in [0.5, 0.6) is 0 Å². The number of rotatable bonds is 4. The van der Waals surface area contributed by atoms with E-state index in [-0.39, 0.29) is 0 Å². The molecule has 3 rings (SSSR count). The summed E-state index contributed by atoms with van der Waals surface area (Å²) in [6, 6.07) is 0. The normalized spacial score (nSPS) is 39.5. The van der Waals surface area contributed by atoms with Gasteiger partial charge in [0.2, 0.25) is 0 Å². The molecule has 3 fully saturated rings. The molecular weight excluding hydrogens is 288 g/mol. The van der Waals surface area contributed by atoms with Crippen LogP contribution in [0.4, 0.5) is 0 Å². The molecule has 3 aliphatic carbocycles. The zero-order valence-corrected chi connectivity index (χ0v) is 17.1. The zero-order valence-electron chi connectivity index (χ0n) is 17.1. The van der Waals surface area contributed by atoms with E-state index in [0.29, 0.717) is 0 Å². The van der Waals surface area contributed by atoms with Gasteiger partial charge in [-0.2, -0.15) is 0 Å². The molecule has 0 N–H and O–H groups in total. The third-order valence-electron chi connectivity index (χ3n) is 8.84. The van der Waals surface area contributed by atoms with Crippen molar-refractivity contribution in [2.45, 2.75) is 105 Å². The van der Waals surface area contributed by atoms with Crippen LogP contribution in [0, 0.1) is 47.3 Å². The first-order chi connectivity index (χ1) is 11.6. The molecule has 0 amide bonds. The lowest BCUT2D eigenvalue weighted by Gasteiger charge is -2.48. The standard InChI is InChI=1S/C24H44/c1-17-15-23(18(2)21-11-7-5-8-12-21)20(4)24(16-17)19(3)22-13-9-6-10-14-22/h17-24H,5-16H2,1-4H3. The van der Waals surface area contributed by atoms with Crippen molar-refractivity contribution < 1.29 is 0 Å². The predicted octanol–water partition coefficient (Wildman–Crippen LogP) is 7.72. The average Bonchev–Trinajstić information content (AvgIpc) is 2.63. The summed E-state index contributed by atoms with van der Waals surface area (Å²) in [7, 11) is 0. The Hall–Kier alpha value is 0. The van der Waals surface area contributed by atoms with Crippen LogP contribution in [0.25, 0.3) is 0 Å². The van der Waals surface area contributed by atoms with Gasteiger partial charge >= 0.3 is 0 Å². The van der Waals surface area contributed by atoms with Gasteiger partial charge < -0.3 is 0 Å². The quantitative estimate of drug-likeness (QED) is 0.494. The lowest BCUT2D eigenvalue weighted by Crippen LogP contribution is -2.40. The molecule has 0 spiro atoms. The SMILES string of the molecule is CC1CC(C(C)C2CCCCC2)C(C)C(C(C)C2CCCCC2)C1. The van der Waals surface area contributed by atoms with Crippen molar-refractivity contribution in [1.29, 1.82) is 0 Å². The first-order valence-corrected chi connectivity index (χ1v) is 11.6. The van der Waals surface area contributed by atoms with Crippen LogP contribution >= 0.6 is 0 Å². The van der Waals surface area contributed by atoms with Gasteiger partial charge in [-0.3, -0.25) is 0 Å². The van der Waals surface area contributed by atoms with E-state index in [1.165, 1.54) is 77.0 Å². The van der Waals surface area contributed by atoms with Crippen molar-refractivity contribution in [2.75, 3.05) is 0 Å². The third-order valence-corrected chi connectivity index (χ3v) is 8.84. The van der Waals surface area contributed by atoms with E-state index < -0.39 is 0 Å². The van der Waals surface area contributed by atoms with Gasteiger partial charge in [0.15, 0.2) is 0 Å². The summed E-state index contributed by atoms with van der Waals surface area (Å²) < 4.78 is 0. The summed E-state index contributed by atoms with van der Waals surface area (Å²) in [5.41, 5.74) is 0. The highest BCUT2D eigenvalue weighted by molar-refractivity contribution is 4.91. The van der Waals surface area contributed by atoms with E-state index in [9.17, 15) is 0 Å². The second-order valence-electron chi connectivity index (χ2n) is 10.3. The maximum atomic E-state index is 2.65. The molecule has 4 atom stereocenters. The van der Waals surface area contributed by atoms with Gasteiger partial charge in [-0.05, 0) is 60.2 Å². The predicted molar refractivity (Wildman–Crippen MR) is 106 cm³/mol. The van der Waals surface area contributed by atoms with E-state index >= 15 is 0 Å². The van der Waals surface area contributed by atoms with E-state index in [4.69, 9.17) is 0 Å². The molecule has 0 heteroatoms. The summed E-state index contributed by atoms with van der Waals surface area (Å²) in [5.74, 6) is 7.99.